The molecule has 5 nitrogen and oxygen atoms in total. The van der Waals surface area contributed by atoms with Gasteiger partial charge in [0.2, 0.25) is 0 Å². The number of aryl methyl sites for hydroxylation is 1. The van der Waals surface area contributed by atoms with Crippen LogP contribution in [0, 0.1) is 6.92 Å². The van der Waals surface area contributed by atoms with E-state index in [0.29, 0.717) is 17.0 Å². The molecule has 0 unspecified atom stereocenters. The zero-order valence-corrected chi connectivity index (χ0v) is 24.9. The number of carbonyl (C=O) groups excluding carboxylic acids is 2. The van der Waals surface area contributed by atoms with Gasteiger partial charge in [-0.25, -0.2) is 9.97 Å². The van der Waals surface area contributed by atoms with Crippen LogP contribution in [0.1, 0.15) is 32.1 Å². The number of fused-ring (bicyclic) bond motifs is 7. The number of nitrogens with zero attached hydrogens (tertiary/aromatic N) is 3. The molecule has 0 radical (unpaired) electrons. The summed E-state index contributed by atoms with van der Waals surface area (Å²) in [6.07, 6.45) is 3.62. The summed E-state index contributed by atoms with van der Waals surface area (Å²) >= 11 is 1.57. The number of aromatic nitrogens is 2. The number of allylic oxidation sites excluding steroid dienone is 1. The van der Waals surface area contributed by atoms with E-state index in [9.17, 15) is 9.59 Å². The van der Waals surface area contributed by atoms with Crippen molar-refractivity contribution >= 4 is 78.8 Å². The summed E-state index contributed by atoms with van der Waals surface area (Å²) in [7, 11) is 0. The van der Waals surface area contributed by atoms with E-state index in [1.807, 2.05) is 61.7 Å². The second kappa shape index (κ2) is 9.71. The summed E-state index contributed by atoms with van der Waals surface area (Å²) in [4.78, 5) is 39.6. The van der Waals surface area contributed by atoms with Gasteiger partial charge in [-0.2, -0.15) is 0 Å². The van der Waals surface area contributed by atoms with Crippen molar-refractivity contribution in [1.82, 2.24) is 9.97 Å². The maximum Gasteiger partial charge on any atom is 0.197 e. The van der Waals surface area contributed by atoms with Crippen molar-refractivity contribution in [2.24, 2.45) is 0 Å². The maximum absolute atomic E-state index is 13.5. The molecule has 45 heavy (non-hydrogen) atoms. The third-order valence-corrected chi connectivity index (χ3v) is 9.73. The Balaban J connectivity index is 1.20. The molecule has 2 heterocycles. The van der Waals surface area contributed by atoms with Gasteiger partial charge in [0.1, 0.15) is 10.9 Å². The first-order valence-corrected chi connectivity index (χ1v) is 15.6. The second-order valence-corrected chi connectivity index (χ2v) is 12.4. The van der Waals surface area contributed by atoms with Crippen LogP contribution in [0.3, 0.4) is 0 Å². The zero-order valence-electron chi connectivity index (χ0n) is 24.1. The van der Waals surface area contributed by atoms with Gasteiger partial charge in [-0.15, -0.1) is 0 Å². The minimum Gasteiger partial charge on any atom is -0.305 e. The Hall–Kier alpha value is -5.59. The van der Waals surface area contributed by atoms with E-state index in [0.717, 1.165) is 54.1 Å². The van der Waals surface area contributed by atoms with Crippen LogP contribution in [-0.2, 0) is 0 Å². The van der Waals surface area contributed by atoms with E-state index < -0.39 is 0 Å². The summed E-state index contributed by atoms with van der Waals surface area (Å²) in [6, 6.07) is 36.7. The molecule has 0 saturated carbocycles. The maximum atomic E-state index is 13.5. The number of anilines is 3. The Morgan fingerprint density at radius 3 is 2.02 bits per heavy atom. The highest BCUT2D eigenvalue weighted by Crippen LogP contribution is 2.52. The Kier molecular flexibility index (Phi) is 5.58. The number of carbonyl (C=O) groups is 2. The second-order valence-electron chi connectivity index (χ2n) is 11.4. The van der Waals surface area contributed by atoms with Crippen LogP contribution >= 0.6 is 11.8 Å². The van der Waals surface area contributed by atoms with Gasteiger partial charge < -0.3 is 4.90 Å². The standard InChI is InChI=1S/C39H23N3O2S/c1-22-40-21-35-39(41-22)45-36-17-23(16-32-37(43)30-18-24-8-2-3-9-25(24)19-31(30)38(32)44)14-15-33(36)42(35)34-20-26-10-4-5-11-27(26)28-12-6-7-13-29(28)34/h2-21H,1H3. The van der Waals surface area contributed by atoms with Crippen LogP contribution in [0.15, 0.2) is 131 Å². The van der Waals surface area contributed by atoms with Gasteiger partial charge in [-0.05, 0) is 75.8 Å². The highest BCUT2D eigenvalue weighted by atomic mass is 32.2. The predicted octanol–water partition coefficient (Wildman–Crippen LogP) is 9.64. The number of hydrogen-bond acceptors (Lipinski definition) is 6. The Bertz CT molecular complexity index is 2430. The van der Waals surface area contributed by atoms with Crippen molar-refractivity contribution in [3.05, 3.63) is 143 Å². The molecule has 7 aromatic rings. The molecule has 9 rings (SSSR count). The number of rotatable bonds is 2. The van der Waals surface area contributed by atoms with Crippen LogP contribution in [-0.4, -0.2) is 21.5 Å². The Morgan fingerprint density at radius 1 is 0.644 bits per heavy atom. The molecule has 2 aliphatic rings. The predicted molar refractivity (Wildman–Crippen MR) is 181 cm³/mol. The lowest BCUT2D eigenvalue weighted by atomic mass is 9.99. The molecule has 0 amide bonds. The fraction of sp³-hybridized carbons (Fsp3) is 0.0256. The van der Waals surface area contributed by atoms with Gasteiger partial charge >= 0.3 is 0 Å². The molecule has 1 aromatic heterocycles. The van der Waals surface area contributed by atoms with Crippen molar-refractivity contribution in [3.63, 3.8) is 0 Å². The zero-order chi connectivity index (χ0) is 30.2. The molecule has 6 heteroatoms. The van der Waals surface area contributed by atoms with Crippen LogP contribution in [0.4, 0.5) is 17.1 Å². The van der Waals surface area contributed by atoms with Crippen molar-refractivity contribution in [2.45, 2.75) is 16.8 Å². The Labute approximate surface area is 262 Å². The molecule has 0 saturated heterocycles. The molecule has 0 spiro atoms. The third kappa shape index (κ3) is 3.96. The van der Waals surface area contributed by atoms with Crippen LogP contribution in [0.25, 0.3) is 38.4 Å². The van der Waals surface area contributed by atoms with Gasteiger partial charge in [0, 0.05) is 21.4 Å². The van der Waals surface area contributed by atoms with Gasteiger partial charge in [0.15, 0.2) is 11.6 Å². The highest BCUT2D eigenvalue weighted by molar-refractivity contribution is 7.99. The first kappa shape index (κ1) is 25.9. The average Bonchev–Trinajstić information content (AvgIpc) is 3.29. The molecule has 1 aliphatic heterocycles. The SMILES string of the molecule is Cc1ncc2c(n1)Sc1cc(C=C3C(=O)c4cc5ccccc5cc4C3=O)ccc1N2c1cc2ccccc2c2ccccc12. The smallest absolute Gasteiger partial charge is 0.197 e. The Morgan fingerprint density at radius 2 is 1.29 bits per heavy atom. The van der Waals surface area contributed by atoms with Gasteiger partial charge in [0.25, 0.3) is 0 Å². The lowest BCUT2D eigenvalue weighted by Crippen LogP contribution is -2.17. The molecule has 0 atom stereocenters. The van der Waals surface area contributed by atoms with Crippen molar-refractivity contribution in [1.29, 1.82) is 0 Å². The summed E-state index contributed by atoms with van der Waals surface area (Å²) in [5, 5.41) is 7.38. The summed E-state index contributed by atoms with van der Waals surface area (Å²) in [6.45, 7) is 1.89. The van der Waals surface area contributed by atoms with Crippen LogP contribution in [0.5, 0.6) is 0 Å². The first-order valence-electron chi connectivity index (χ1n) is 14.7. The van der Waals surface area contributed by atoms with Crippen molar-refractivity contribution in [3.8, 4) is 0 Å². The van der Waals surface area contributed by atoms with Crippen molar-refractivity contribution in [2.75, 3.05) is 4.90 Å². The number of ketones is 2. The average molecular weight is 598 g/mol. The van der Waals surface area contributed by atoms with E-state index in [2.05, 4.69) is 70.5 Å². The van der Waals surface area contributed by atoms with Gasteiger partial charge in [0.05, 0.1) is 28.8 Å². The van der Waals surface area contributed by atoms with E-state index in [4.69, 9.17) is 4.98 Å². The van der Waals surface area contributed by atoms with Crippen LogP contribution in [0.2, 0.25) is 0 Å². The van der Waals surface area contributed by atoms with E-state index in [1.54, 1.807) is 17.8 Å². The molecular formula is C39H23N3O2S. The fourth-order valence-electron chi connectivity index (χ4n) is 6.58. The number of Topliss-reactive ketones (excluding diaryl/α,β-unsaturated/α-hetero) is 2. The first-order chi connectivity index (χ1) is 22.0. The topological polar surface area (TPSA) is 63.2 Å². The molecule has 0 N–H and O–H groups in total. The van der Waals surface area contributed by atoms with Crippen molar-refractivity contribution < 1.29 is 9.59 Å². The molecule has 212 valence electrons. The minimum absolute atomic E-state index is 0.192. The fourth-order valence-corrected chi connectivity index (χ4v) is 7.67. The lowest BCUT2D eigenvalue weighted by Gasteiger charge is -2.33. The van der Waals surface area contributed by atoms with E-state index >= 15 is 0 Å². The van der Waals surface area contributed by atoms with Gasteiger partial charge in [-0.3, -0.25) is 9.59 Å². The molecule has 0 fully saturated rings. The van der Waals surface area contributed by atoms with E-state index in [-0.39, 0.29) is 17.1 Å². The monoisotopic (exact) mass is 597 g/mol. The quantitative estimate of drug-likeness (QED) is 0.0856. The largest absolute Gasteiger partial charge is 0.305 e. The molecule has 1 aliphatic carbocycles. The number of hydrogen-bond donors (Lipinski definition) is 0. The lowest BCUT2D eigenvalue weighted by molar-refractivity contribution is 0.0990. The van der Waals surface area contributed by atoms with E-state index in [1.165, 1.54) is 10.8 Å². The van der Waals surface area contributed by atoms with Gasteiger partial charge in [-0.1, -0.05) is 90.6 Å². The summed E-state index contributed by atoms with van der Waals surface area (Å²) < 4.78 is 0. The highest BCUT2D eigenvalue weighted by Gasteiger charge is 2.34. The molecule has 0 bridgehead atoms. The normalized spacial score (nSPS) is 13.8. The van der Waals surface area contributed by atoms with Crippen LogP contribution < -0.4 is 4.90 Å². The molecular weight excluding hydrogens is 575 g/mol. The third-order valence-electron chi connectivity index (χ3n) is 8.69. The summed E-state index contributed by atoms with van der Waals surface area (Å²) in [5.41, 5.74) is 4.84. The minimum atomic E-state index is -0.232. The summed E-state index contributed by atoms with van der Waals surface area (Å²) in [5.74, 6) is 0.229. The number of benzene rings is 6. The molecule has 6 aromatic carbocycles.